The van der Waals surface area contributed by atoms with Crippen LogP contribution in [0.25, 0.3) is 11.2 Å². The maximum Gasteiger partial charge on any atom is 0.254 e. The highest BCUT2D eigenvalue weighted by molar-refractivity contribution is 5.95. The standard InChI is InChI=1S/C17H22N8O4/c1-8-9(3-23-24(8)2)17(28)19-4-11-14(27)13(26)10(5-29-11)25-7-22-12-15(18)20-6-21-16(12)25/h3,6-7,10-11,13-14,26-27H,4-5H2,1-2H3,(H,19,28)(H2,18,20,21)/t10-,11-,13+,14-/m1/s1. The lowest BCUT2D eigenvalue weighted by Gasteiger charge is -2.38. The van der Waals surface area contributed by atoms with E-state index < -0.39 is 24.4 Å². The molecule has 1 aliphatic rings. The average molecular weight is 402 g/mol. The number of aryl methyl sites for hydroxylation is 1. The number of imidazole rings is 1. The summed E-state index contributed by atoms with van der Waals surface area (Å²) in [5, 5.41) is 28.0. The zero-order chi connectivity index (χ0) is 20.7. The van der Waals surface area contributed by atoms with Gasteiger partial charge in [-0.15, -0.1) is 0 Å². The van der Waals surface area contributed by atoms with Crippen molar-refractivity contribution in [1.29, 1.82) is 0 Å². The van der Waals surface area contributed by atoms with Crippen LogP contribution in [0.3, 0.4) is 0 Å². The van der Waals surface area contributed by atoms with Crippen molar-refractivity contribution in [2.45, 2.75) is 31.3 Å². The molecule has 1 amide bonds. The summed E-state index contributed by atoms with van der Waals surface area (Å²) in [5.41, 5.74) is 7.81. The number of aliphatic hydroxyl groups excluding tert-OH is 2. The molecule has 1 fully saturated rings. The number of anilines is 1. The number of aromatic nitrogens is 6. The van der Waals surface area contributed by atoms with Gasteiger partial charge in [-0.05, 0) is 6.92 Å². The Morgan fingerprint density at radius 2 is 2.14 bits per heavy atom. The third-order valence-electron chi connectivity index (χ3n) is 5.29. The van der Waals surface area contributed by atoms with E-state index >= 15 is 0 Å². The van der Waals surface area contributed by atoms with Gasteiger partial charge >= 0.3 is 0 Å². The third-order valence-corrected chi connectivity index (χ3v) is 5.29. The third kappa shape index (κ3) is 3.30. The van der Waals surface area contributed by atoms with Crippen LogP contribution in [0.1, 0.15) is 22.1 Å². The first-order valence-corrected chi connectivity index (χ1v) is 9.06. The lowest BCUT2D eigenvalue weighted by molar-refractivity contribution is -0.155. The van der Waals surface area contributed by atoms with E-state index in [1.807, 2.05) is 0 Å². The van der Waals surface area contributed by atoms with Crippen LogP contribution in [0.2, 0.25) is 0 Å². The molecule has 0 spiro atoms. The molecule has 4 atom stereocenters. The summed E-state index contributed by atoms with van der Waals surface area (Å²) in [6, 6.07) is -0.614. The van der Waals surface area contributed by atoms with Gasteiger partial charge in [-0.2, -0.15) is 5.10 Å². The number of fused-ring (bicyclic) bond motifs is 1. The van der Waals surface area contributed by atoms with Gasteiger partial charge in [0.2, 0.25) is 0 Å². The minimum absolute atomic E-state index is 0.0396. The smallest absolute Gasteiger partial charge is 0.254 e. The second-order valence-corrected chi connectivity index (χ2v) is 6.98. The van der Waals surface area contributed by atoms with E-state index in [0.29, 0.717) is 16.7 Å². The van der Waals surface area contributed by atoms with E-state index in [1.54, 1.807) is 23.2 Å². The highest BCUT2D eigenvalue weighted by Gasteiger charge is 2.40. The molecule has 154 valence electrons. The van der Waals surface area contributed by atoms with Gasteiger partial charge in [-0.3, -0.25) is 9.48 Å². The molecule has 12 heteroatoms. The van der Waals surface area contributed by atoms with Crippen molar-refractivity contribution in [3.05, 3.63) is 30.1 Å². The highest BCUT2D eigenvalue weighted by Crippen LogP contribution is 2.28. The van der Waals surface area contributed by atoms with Gasteiger partial charge in [0.15, 0.2) is 11.5 Å². The quantitative estimate of drug-likeness (QED) is 0.408. The molecule has 5 N–H and O–H groups in total. The number of nitrogens with one attached hydrogen (secondary N) is 1. The number of nitrogen functional groups attached to an aromatic ring is 1. The molecule has 4 heterocycles. The van der Waals surface area contributed by atoms with Gasteiger partial charge in [0.25, 0.3) is 5.91 Å². The first kappa shape index (κ1) is 19.2. The number of carbonyl (C=O) groups is 1. The molecule has 4 rings (SSSR count). The van der Waals surface area contributed by atoms with Crippen LogP contribution in [-0.2, 0) is 11.8 Å². The van der Waals surface area contributed by atoms with Crippen LogP contribution in [0, 0.1) is 6.92 Å². The molecule has 1 saturated heterocycles. The van der Waals surface area contributed by atoms with Crippen molar-refractivity contribution >= 4 is 22.9 Å². The van der Waals surface area contributed by atoms with Crippen molar-refractivity contribution in [3.8, 4) is 0 Å². The zero-order valence-electron chi connectivity index (χ0n) is 15.9. The molecule has 29 heavy (non-hydrogen) atoms. The number of hydrogen-bond donors (Lipinski definition) is 4. The molecule has 0 radical (unpaired) electrons. The first-order valence-electron chi connectivity index (χ1n) is 9.06. The van der Waals surface area contributed by atoms with Gasteiger partial charge in [-0.25, -0.2) is 15.0 Å². The second-order valence-electron chi connectivity index (χ2n) is 6.98. The molecule has 0 unspecified atom stereocenters. The Labute approximate surface area is 165 Å². The summed E-state index contributed by atoms with van der Waals surface area (Å²) in [5.74, 6) is -0.0948. The van der Waals surface area contributed by atoms with Gasteiger partial charge in [0.1, 0.15) is 30.2 Å². The average Bonchev–Trinajstić information content (AvgIpc) is 3.28. The Bertz CT molecular complexity index is 1050. The Morgan fingerprint density at radius 1 is 1.34 bits per heavy atom. The van der Waals surface area contributed by atoms with Crippen LogP contribution in [0.4, 0.5) is 5.82 Å². The van der Waals surface area contributed by atoms with E-state index in [4.69, 9.17) is 10.5 Å². The van der Waals surface area contributed by atoms with Crippen LogP contribution < -0.4 is 11.1 Å². The number of nitrogens with zero attached hydrogens (tertiary/aromatic N) is 6. The molecular formula is C17H22N8O4. The van der Waals surface area contributed by atoms with Crippen molar-refractivity contribution in [1.82, 2.24) is 34.6 Å². The SMILES string of the molecule is Cc1c(C(=O)NC[C@H]2OC[C@@H](n3cnc4c(N)ncnc43)[C@H](O)[C@@H]2O)cnn1C. The maximum atomic E-state index is 12.3. The lowest BCUT2D eigenvalue weighted by Crippen LogP contribution is -2.54. The van der Waals surface area contributed by atoms with Crippen molar-refractivity contribution < 1.29 is 19.7 Å². The summed E-state index contributed by atoms with van der Waals surface area (Å²) in [6.07, 6.45) is 1.12. The van der Waals surface area contributed by atoms with E-state index in [2.05, 4.69) is 25.4 Å². The summed E-state index contributed by atoms with van der Waals surface area (Å²) in [6.45, 7) is 1.92. The van der Waals surface area contributed by atoms with Gasteiger partial charge in [-0.1, -0.05) is 0 Å². The predicted octanol–water partition coefficient (Wildman–Crippen LogP) is -1.46. The van der Waals surface area contributed by atoms with Crippen molar-refractivity contribution in [2.75, 3.05) is 18.9 Å². The number of hydrogen-bond acceptors (Lipinski definition) is 9. The largest absolute Gasteiger partial charge is 0.388 e. The Morgan fingerprint density at radius 3 is 2.86 bits per heavy atom. The molecular weight excluding hydrogens is 380 g/mol. The van der Waals surface area contributed by atoms with Gasteiger partial charge in [0, 0.05) is 19.3 Å². The van der Waals surface area contributed by atoms with E-state index in [9.17, 15) is 15.0 Å². The minimum Gasteiger partial charge on any atom is -0.388 e. The van der Waals surface area contributed by atoms with E-state index in [-0.39, 0.29) is 24.9 Å². The topological polar surface area (TPSA) is 166 Å². The molecule has 0 saturated carbocycles. The van der Waals surface area contributed by atoms with E-state index in [0.717, 1.165) is 5.69 Å². The van der Waals surface area contributed by atoms with Crippen LogP contribution in [0.15, 0.2) is 18.9 Å². The summed E-state index contributed by atoms with van der Waals surface area (Å²) >= 11 is 0. The molecule has 0 aliphatic carbocycles. The van der Waals surface area contributed by atoms with Crippen LogP contribution in [-0.4, -0.2) is 76.9 Å². The summed E-state index contributed by atoms with van der Waals surface area (Å²) < 4.78 is 8.93. The van der Waals surface area contributed by atoms with Gasteiger partial charge in [0.05, 0.1) is 30.7 Å². The Kier molecular flexibility index (Phi) is 4.90. The number of carbonyl (C=O) groups excluding carboxylic acids is 1. The number of aliphatic hydroxyl groups is 2. The fraction of sp³-hybridized carbons (Fsp3) is 0.471. The molecule has 3 aromatic heterocycles. The maximum absolute atomic E-state index is 12.3. The monoisotopic (exact) mass is 402 g/mol. The van der Waals surface area contributed by atoms with Crippen LogP contribution in [0.5, 0.6) is 0 Å². The lowest BCUT2D eigenvalue weighted by atomic mass is 9.97. The fourth-order valence-electron chi connectivity index (χ4n) is 3.41. The number of rotatable bonds is 4. The molecule has 3 aromatic rings. The summed E-state index contributed by atoms with van der Waals surface area (Å²) in [4.78, 5) is 24.6. The molecule has 0 bridgehead atoms. The summed E-state index contributed by atoms with van der Waals surface area (Å²) in [7, 11) is 1.74. The molecule has 0 aromatic carbocycles. The fourth-order valence-corrected chi connectivity index (χ4v) is 3.41. The highest BCUT2D eigenvalue weighted by atomic mass is 16.5. The number of nitrogens with two attached hydrogens (primary N) is 1. The van der Waals surface area contributed by atoms with Crippen molar-refractivity contribution in [2.24, 2.45) is 7.05 Å². The molecule has 1 aliphatic heterocycles. The van der Waals surface area contributed by atoms with E-state index in [1.165, 1.54) is 18.9 Å². The molecule has 12 nitrogen and oxygen atoms in total. The minimum atomic E-state index is -1.22. The van der Waals surface area contributed by atoms with Gasteiger partial charge < -0.3 is 30.6 Å². The normalized spacial score (nSPS) is 24.7. The number of amides is 1. The zero-order valence-corrected chi connectivity index (χ0v) is 15.9. The second kappa shape index (κ2) is 7.39. The Balaban J connectivity index is 1.44. The first-order chi connectivity index (χ1) is 13.9. The number of ether oxygens (including phenoxy) is 1. The Hall–Kier alpha value is -3.09. The van der Waals surface area contributed by atoms with Crippen LogP contribution >= 0.6 is 0 Å². The predicted molar refractivity (Wildman–Crippen MR) is 101 cm³/mol. The van der Waals surface area contributed by atoms with Crippen molar-refractivity contribution in [3.63, 3.8) is 0 Å².